The van der Waals surface area contributed by atoms with Gasteiger partial charge in [-0.1, -0.05) is 19.1 Å². The van der Waals surface area contributed by atoms with Crippen molar-refractivity contribution in [1.29, 1.82) is 0 Å². The van der Waals surface area contributed by atoms with Gasteiger partial charge >= 0.3 is 0 Å². The molecule has 0 aliphatic carbocycles. The molecule has 0 fully saturated rings. The number of rotatable bonds is 6. The van der Waals surface area contributed by atoms with Gasteiger partial charge in [0.05, 0.1) is 11.0 Å². The lowest BCUT2D eigenvalue weighted by Crippen LogP contribution is -2.36. The second-order valence-corrected chi connectivity index (χ2v) is 5.60. The molecule has 1 aromatic rings. The van der Waals surface area contributed by atoms with Gasteiger partial charge < -0.3 is 10.0 Å². The third kappa shape index (κ3) is 4.84. The Balaban J connectivity index is 2.78. The number of hydrogen-bond acceptors (Lipinski definition) is 3. The third-order valence-electron chi connectivity index (χ3n) is 2.86. The number of nitrogens with zero attached hydrogens (tertiary/aromatic N) is 2. The van der Waals surface area contributed by atoms with Crippen molar-refractivity contribution in [3.05, 3.63) is 28.2 Å². The van der Waals surface area contributed by atoms with Crippen LogP contribution in [-0.4, -0.2) is 48.0 Å². The summed E-state index contributed by atoms with van der Waals surface area (Å²) in [7, 11) is 3.51. The molecular formula is C14H21BrN2O2. The molecule has 1 N–H and O–H groups in total. The van der Waals surface area contributed by atoms with Gasteiger partial charge in [0.25, 0.3) is 0 Å². The molecule has 0 aliphatic rings. The summed E-state index contributed by atoms with van der Waals surface area (Å²) < 4.78 is 0.681. The van der Waals surface area contributed by atoms with Crippen molar-refractivity contribution in [2.75, 3.05) is 27.2 Å². The second kappa shape index (κ2) is 7.50. The SMILES string of the molecule is CCCN(CC(=O)N(C)C)Cc1cccc(Br)c1O. The third-order valence-corrected chi connectivity index (χ3v) is 3.50. The number of halogens is 1. The van der Waals surface area contributed by atoms with Crippen LogP contribution in [0.2, 0.25) is 0 Å². The quantitative estimate of drug-likeness (QED) is 0.872. The fraction of sp³-hybridized carbons (Fsp3) is 0.500. The van der Waals surface area contributed by atoms with Crippen LogP contribution in [0.1, 0.15) is 18.9 Å². The first kappa shape index (κ1) is 16.0. The minimum atomic E-state index is 0.0722. The van der Waals surface area contributed by atoms with Crippen molar-refractivity contribution >= 4 is 21.8 Å². The number of para-hydroxylation sites is 1. The lowest BCUT2D eigenvalue weighted by Gasteiger charge is -2.23. The molecule has 0 aromatic heterocycles. The summed E-state index contributed by atoms with van der Waals surface area (Å²) in [6, 6.07) is 5.56. The highest BCUT2D eigenvalue weighted by Crippen LogP contribution is 2.28. The van der Waals surface area contributed by atoms with E-state index in [-0.39, 0.29) is 11.7 Å². The minimum absolute atomic E-state index is 0.0722. The summed E-state index contributed by atoms with van der Waals surface area (Å²) in [5.41, 5.74) is 0.828. The standard InChI is InChI=1S/C14H21BrN2O2/c1-4-8-17(10-13(18)16(2)3)9-11-6-5-7-12(15)14(11)19/h5-7,19H,4,8-10H2,1-3H3. The maximum atomic E-state index is 11.8. The molecule has 0 saturated carbocycles. The van der Waals surface area contributed by atoms with Crippen LogP contribution in [0.4, 0.5) is 0 Å². The Morgan fingerprint density at radius 2 is 2.05 bits per heavy atom. The molecule has 0 atom stereocenters. The Morgan fingerprint density at radius 3 is 2.63 bits per heavy atom. The molecule has 0 saturated heterocycles. The number of carbonyl (C=O) groups excluding carboxylic acids is 1. The molecule has 19 heavy (non-hydrogen) atoms. The van der Waals surface area contributed by atoms with E-state index in [1.54, 1.807) is 25.1 Å². The average Bonchev–Trinajstić information content (AvgIpc) is 2.35. The summed E-state index contributed by atoms with van der Waals surface area (Å²) in [6.45, 7) is 3.84. The number of hydrogen-bond donors (Lipinski definition) is 1. The van der Waals surface area contributed by atoms with E-state index in [1.807, 2.05) is 17.0 Å². The van der Waals surface area contributed by atoms with Gasteiger partial charge in [0.1, 0.15) is 5.75 Å². The van der Waals surface area contributed by atoms with Crippen molar-refractivity contribution in [3.8, 4) is 5.75 Å². The molecule has 0 heterocycles. The van der Waals surface area contributed by atoms with E-state index in [0.29, 0.717) is 17.6 Å². The Morgan fingerprint density at radius 1 is 1.37 bits per heavy atom. The van der Waals surface area contributed by atoms with Gasteiger partial charge in [-0.25, -0.2) is 0 Å². The average molecular weight is 329 g/mol. The van der Waals surface area contributed by atoms with E-state index in [4.69, 9.17) is 0 Å². The lowest BCUT2D eigenvalue weighted by atomic mass is 10.2. The van der Waals surface area contributed by atoms with Crippen LogP contribution in [0.25, 0.3) is 0 Å². The Labute approximate surface area is 123 Å². The predicted molar refractivity (Wildman–Crippen MR) is 80.1 cm³/mol. The molecule has 0 radical (unpaired) electrons. The molecule has 0 spiro atoms. The van der Waals surface area contributed by atoms with Gasteiger partial charge in [-0.2, -0.15) is 0 Å². The molecular weight excluding hydrogens is 308 g/mol. The fourth-order valence-electron chi connectivity index (χ4n) is 1.79. The van der Waals surface area contributed by atoms with E-state index < -0.39 is 0 Å². The van der Waals surface area contributed by atoms with E-state index >= 15 is 0 Å². The van der Waals surface area contributed by atoms with Gasteiger partial charge in [0, 0.05) is 26.2 Å². The topological polar surface area (TPSA) is 43.8 Å². The van der Waals surface area contributed by atoms with E-state index in [2.05, 4.69) is 22.9 Å². The predicted octanol–water partition coefficient (Wildman–Crippen LogP) is 2.45. The second-order valence-electron chi connectivity index (χ2n) is 4.75. The number of phenols is 1. The number of phenolic OH excluding ortho intramolecular Hbond substituents is 1. The van der Waals surface area contributed by atoms with Crippen LogP contribution < -0.4 is 0 Å². The summed E-state index contributed by atoms with van der Waals surface area (Å²) in [5.74, 6) is 0.323. The van der Waals surface area contributed by atoms with Crippen LogP contribution in [-0.2, 0) is 11.3 Å². The van der Waals surface area contributed by atoms with Crippen molar-refractivity contribution < 1.29 is 9.90 Å². The minimum Gasteiger partial charge on any atom is -0.506 e. The largest absolute Gasteiger partial charge is 0.506 e. The number of amides is 1. The molecule has 0 aliphatic heterocycles. The normalized spacial score (nSPS) is 10.8. The highest BCUT2D eigenvalue weighted by atomic mass is 79.9. The highest BCUT2D eigenvalue weighted by molar-refractivity contribution is 9.10. The van der Waals surface area contributed by atoms with Crippen LogP contribution in [0.15, 0.2) is 22.7 Å². The maximum Gasteiger partial charge on any atom is 0.236 e. The Hall–Kier alpha value is -1.07. The Kier molecular flexibility index (Phi) is 6.31. The lowest BCUT2D eigenvalue weighted by molar-refractivity contribution is -0.130. The van der Waals surface area contributed by atoms with Crippen molar-refractivity contribution in [2.24, 2.45) is 0 Å². The number of aromatic hydroxyl groups is 1. The van der Waals surface area contributed by atoms with Gasteiger partial charge in [-0.3, -0.25) is 9.69 Å². The van der Waals surface area contributed by atoms with Crippen molar-refractivity contribution in [1.82, 2.24) is 9.80 Å². The maximum absolute atomic E-state index is 11.8. The molecule has 4 nitrogen and oxygen atoms in total. The smallest absolute Gasteiger partial charge is 0.236 e. The van der Waals surface area contributed by atoms with Crippen molar-refractivity contribution in [2.45, 2.75) is 19.9 Å². The van der Waals surface area contributed by atoms with E-state index in [0.717, 1.165) is 18.5 Å². The van der Waals surface area contributed by atoms with Crippen LogP contribution in [0, 0.1) is 0 Å². The molecule has 1 aromatic carbocycles. The van der Waals surface area contributed by atoms with Crippen LogP contribution in [0.5, 0.6) is 5.75 Å². The molecule has 1 amide bonds. The van der Waals surface area contributed by atoms with Gasteiger partial charge in [0.15, 0.2) is 0 Å². The molecule has 106 valence electrons. The van der Waals surface area contributed by atoms with Gasteiger partial charge in [-0.05, 0) is 35.0 Å². The number of carbonyl (C=O) groups is 1. The fourth-order valence-corrected chi connectivity index (χ4v) is 2.20. The van der Waals surface area contributed by atoms with Crippen LogP contribution in [0.3, 0.4) is 0 Å². The van der Waals surface area contributed by atoms with Crippen molar-refractivity contribution in [3.63, 3.8) is 0 Å². The first-order valence-electron chi connectivity index (χ1n) is 6.34. The zero-order chi connectivity index (χ0) is 14.4. The summed E-state index contributed by atoms with van der Waals surface area (Å²) in [4.78, 5) is 15.4. The molecule has 1 rings (SSSR count). The molecule has 5 heteroatoms. The van der Waals surface area contributed by atoms with E-state index in [1.165, 1.54) is 0 Å². The highest BCUT2D eigenvalue weighted by Gasteiger charge is 2.14. The summed E-state index contributed by atoms with van der Waals surface area (Å²) in [5, 5.41) is 9.99. The summed E-state index contributed by atoms with van der Waals surface area (Å²) >= 11 is 3.31. The molecule has 0 unspecified atom stereocenters. The molecule has 0 bridgehead atoms. The first-order valence-corrected chi connectivity index (χ1v) is 7.13. The van der Waals surface area contributed by atoms with Gasteiger partial charge in [-0.15, -0.1) is 0 Å². The van der Waals surface area contributed by atoms with Crippen LogP contribution >= 0.6 is 15.9 Å². The number of benzene rings is 1. The van der Waals surface area contributed by atoms with E-state index in [9.17, 15) is 9.90 Å². The zero-order valence-electron chi connectivity index (χ0n) is 11.7. The Bertz CT molecular complexity index is 435. The summed E-state index contributed by atoms with van der Waals surface area (Å²) in [6.07, 6.45) is 0.968. The monoisotopic (exact) mass is 328 g/mol. The zero-order valence-corrected chi connectivity index (χ0v) is 13.3. The van der Waals surface area contributed by atoms with Gasteiger partial charge in [0.2, 0.25) is 5.91 Å². The first-order chi connectivity index (χ1) is 8.95. The number of likely N-dealkylation sites (N-methyl/N-ethyl adjacent to an activating group) is 1.